The zero-order valence-electron chi connectivity index (χ0n) is 16.8. The Morgan fingerprint density at radius 3 is 2.45 bits per heavy atom. The highest BCUT2D eigenvalue weighted by atomic mass is 19.1. The molecule has 0 saturated carbocycles. The third kappa shape index (κ3) is 5.68. The number of methoxy groups -OCH3 is 2. The second-order valence-electron chi connectivity index (χ2n) is 6.89. The number of rotatable bonds is 8. The van der Waals surface area contributed by atoms with E-state index < -0.39 is 0 Å². The molecule has 1 N–H and O–H groups in total. The van der Waals surface area contributed by atoms with Crippen LogP contribution in [0.15, 0.2) is 42.5 Å². The Morgan fingerprint density at radius 2 is 1.79 bits per heavy atom. The summed E-state index contributed by atoms with van der Waals surface area (Å²) in [5.74, 6) is 0.861. The van der Waals surface area contributed by atoms with Gasteiger partial charge in [-0.05, 0) is 35.4 Å². The van der Waals surface area contributed by atoms with Crippen LogP contribution in [0.4, 0.5) is 4.39 Å². The smallest absolute Gasteiger partial charge is 0.224 e. The number of halogens is 1. The van der Waals surface area contributed by atoms with Gasteiger partial charge in [0.05, 0.1) is 39.9 Å². The van der Waals surface area contributed by atoms with Gasteiger partial charge >= 0.3 is 0 Å². The quantitative estimate of drug-likeness (QED) is 0.736. The molecule has 1 amide bonds. The molecular weight excluding hydrogens is 375 g/mol. The Balaban J connectivity index is 1.65. The van der Waals surface area contributed by atoms with E-state index in [1.54, 1.807) is 38.5 Å². The first kappa shape index (κ1) is 21.1. The van der Waals surface area contributed by atoms with Crippen LogP contribution in [0.5, 0.6) is 11.5 Å². The summed E-state index contributed by atoms with van der Waals surface area (Å²) in [5, 5.41) is 3.02. The molecule has 0 radical (unpaired) electrons. The Hall–Kier alpha value is -2.64. The molecule has 7 heteroatoms. The van der Waals surface area contributed by atoms with Crippen molar-refractivity contribution in [3.8, 4) is 11.5 Å². The van der Waals surface area contributed by atoms with Gasteiger partial charge in [-0.1, -0.05) is 18.2 Å². The van der Waals surface area contributed by atoms with Gasteiger partial charge in [0.1, 0.15) is 5.82 Å². The maximum absolute atomic E-state index is 13.3. The van der Waals surface area contributed by atoms with Crippen LogP contribution in [0.1, 0.15) is 17.2 Å². The van der Waals surface area contributed by atoms with Gasteiger partial charge in [-0.15, -0.1) is 0 Å². The second kappa shape index (κ2) is 10.2. The van der Waals surface area contributed by atoms with E-state index in [1.165, 1.54) is 12.1 Å². The van der Waals surface area contributed by atoms with Crippen LogP contribution >= 0.6 is 0 Å². The van der Waals surface area contributed by atoms with Crippen molar-refractivity contribution in [3.05, 3.63) is 59.4 Å². The summed E-state index contributed by atoms with van der Waals surface area (Å²) < 4.78 is 29.3. The summed E-state index contributed by atoms with van der Waals surface area (Å²) in [6.07, 6.45) is 0.236. The number of ether oxygens (including phenoxy) is 3. The number of nitrogens with zero attached hydrogens (tertiary/aromatic N) is 1. The van der Waals surface area contributed by atoms with E-state index in [0.717, 1.165) is 24.2 Å². The molecule has 2 aromatic carbocycles. The van der Waals surface area contributed by atoms with Crippen LogP contribution in [0.3, 0.4) is 0 Å². The Bertz CT molecular complexity index is 807. The third-order valence-corrected chi connectivity index (χ3v) is 5.05. The summed E-state index contributed by atoms with van der Waals surface area (Å²) >= 11 is 0. The lowest BCUT2D eigenvalue weighted by molar-refractivity contribution is -0.120. The molecule has 29 heavy (non-hydrogen) atoms. The van der Waals surface area contributed by atoms with Gasteiger partial charge in [-0.2, -0.15) is 0 Å². The molecule has 0 bridgehead atoms. The first-order valence-corrected chi connectivity index (χ1v) is 9.65. The fraction of sp³-hybridized carbons (Fsp3) is 0.409. The largest absolute Gasteiger partial charge is 0.493 e. The van der Waals surface area contributed by atoms with Crippen molar-refractivity contribution in [1.29, 1.82) is 0 Å². The van der Waals surface area contributed by atoms with Gasteiger partial charge in [-0.3, -0.25) is 9.69 Å². The number of morpholine rings is 1. The van der Waals surface area contributed by atoms with E-state index in [1.807, 2.05) is 6.07 Å². The van der Waals surface area contributed by atoms with Crippen LogP contribution < -0.4 is 14.8 Å². The molecular formula is C22H27FN2O4. The van der Waals surface area contributed by atoms with Crippen LogP contribution in [-0.4, -0.2) is 57.9 Å². The van der Waals surface area contributed by atoms with Crippen LogP contribution in [0.25, 0.3) is 0 Å². The Labute approximate surface area is 170 Å². The van der Waals surface area contributed by atoms with Crippen molar-refractivity contribution < 1.29 is 23.4 Å². The predicted molar refractivity (Wildman–Crippen MR) is 108 cm³/mol. The fourth-order valence-corrected chi connectivity index (χ4v) is 3.48. The number of amides is 1. The molecule has 0 aromatic heterocycles. The molecule has 1 saturated heterocycles. The predicted octanol–water partition coefficient (Wildman–Crippen LogP) is 2.58. The molecule has 1 fully saturated rings. The molecule has 0 aliphatic carbocycles. The summed E-state index contributed by atoms with van der Waals surface area (Å²) in [7, 11) is 3.14. The lowest BCUT2D eigenvalue weighted by Crippen LogP contribution is -2.44. The highest BCUT2D eigenvalue weighted by molar-refractivity contribution is 5.78. The Kier molecular flexibility index (Phi) is 7.43. The maximum Gasteiger partial charge on any atom is 0.224 e. The first-order valence-electron chi connectivity index (χ1n) is 9.65. The van der Waals surface area contributed by atoms with Gasteiger partial charge in [0, 0.05) is 19.6 Å². The molecule has 3 rings (SSSR count). The van der Waals surface area contributed by atoms with E-state index in [9.17, 15) is 9.18 Å². The van der Waals surface area contributed by atoms with E-state index in [4.69, 9.17) is 14.2 Å². The number of benzene rings is 2. The number of carbonyl (C=O) groups is 1. The molecule has 2 aromatic rings. The number of nitrogens with one attached hydrogen (secondary N) is 1. The number of carbonyl (C=O) groups excluding carboxylic acids is 1. The highest BCUT2D eigenvalue weighted by Crippen LogP contribution is 2.28. The van der Waals surface area contributed by atoms with Crippen LogP contribution in [0, 0.1) is 5.82 Å². The van der Waals surface area contributed by atoms with Crippen molar-refractivity contribution in [1.82, 2.24) is 10.2 Å². The number of hydrogen-bond acceptors (Lipinski definition) is 5. The van der Waals surface area contributed by atoms with E-state index in [-0.39, 0.29) is 24.2 Å². The van der Waals surface area contributed by atoms with E-state index in [2.05, 4.69) is 10.2 Å². The standard InChI is InChI=1S/C22H27FN2O4/c1-27-20-8-3-16(13-21(20)28-2)14-22(26)24-15-19(25-9-11-29-12-10-25)17-4-6-18(23)7-5-17/h3-8,13,19H,9-12,14-15H2,1-2H3,(H,24,26). The fourth-order valence-electron chi connectivity index (χ4n) is 3.48. The van der Waals surface area contributed by atoms with Gasteiger partial charge < -0.3 is 19.5 Å². The van der Waals surface area contributed by atoms with Gasteiger partial charge in [-0.25, -0.2) is 4.39 Å². The minimum atomic E-state index is -0.271. The summed E-state index contributed by atoms with van der Waals surface area (Å²) in [6.45, 7) is 3.29. The lowest BCUT2D eigenvalue weighted by atomic mass is 10.0. The van der Waals surface area contributed by atoms with Gasteiger partial charge in [0.25, 0.3) is 0 Å². The van der Waals surface area contributed by atoms with Crippen molar-refractivity contribution in [3.63, 3.8) is 0 Å². The first-order chi connectivity index (χ1) is 14.1. The van der Waals surface area contributed by atoms with Gasteiger partial charge in [0.15, 0.2) is 11.5 Å². The molecule has 1 aliphatic rings. The Morgan fingerprint density at radius 1 is 1.10 bits per heavy atom. The normalized spacial score (nSPS) is 15.6. The van der Waals surface area contributed by atoms with Crippen LogP contribution in [-0.2, 0) is 16.0 Å². The molecule has 1 atom stereocenters. The summed E-state index contributed by atoms with van der Waals surface area (Å²) in [4.78, 5) is 14.8. The van der Waals surface area contributed by atoms with Crippen molar-refractivity contribution >= 4 is 5.91 Å². The minimum Gasteiger partial charge on any atom is -0.493 e. The van der Waals surface area contributed by atoms with Crippen molar-refractivity contribution in [2.45, 2.75) is 12.5 Å². The van der Waals surface area contributed by atoms with E-state index >= 15 is 0 Å². The number of hydrogen-bond donors (Lipinski definition) is 1. The highest BCUT2D eigenvalue weighted by Gasteiger charge is 2.23. The average Bonchev–Trinajstić information content (AvgIpc) is 2.75. The molecule has 1 unspecified atom stereocenters. The average molecular weight is 402 g/mol. The monoisotopic (exact) mass is 402 g/mol. The minimum absolute atomic E-state index is 0.0335. The van der Waals surface area contributed by atoms with Crippen molar-refractivity contribution in [2.24, 2.45) is 0 Å². The molecule has 156 valence electrons. The zero-order valence-corrected chi connectivity index (χ0v) is 16.8. The topological polar surface area (TPSA) is 60.0 Å². The van der Waals surface area contributed by atoms with Crippen molar-refractivity contribution in [2.75, 3.05) is 47.1 Å². The van der Waals surface area contributed by atoms with Gasteiger partial charge in [0.2, 0.25) is 5.91 Å². The zero-order chi connectivity index (χ0) is 20.6. The second-order valence-corrected chi connectivity index (χ2v) is 6.89. The lowest BCUT2D eigenvalue weighted by Gasteiger charge is -2.35. The SMILES string of the molecule is COc1ccc(CC(=O)NCC(c2ccc(F)cc2)N2CCOCC2)cc1OC. The summed E-state index contributed by atoms with van der Waals surface area (Å²) in [6, 6.07) is 11.9. The molecule has 1 aliphatic heterocycles. The molecule has 0 spiro atoms. The summed E-state index contributed by atoms with van der Waals surface area (Å²) in [5.41, 5.74) is 1.81. The van der Waals surface area contributed by atoms with E-state index in [0.29, 0.717) is 31.3 Å². The molecule has 6 nitrogen and oxygen atoms in total. The molecule has 1 heterocycles. The maximum atomic E-state index is 13.3. The van der Waals surface area contributed by atoms with Crippen LogP contribution in [0.2, 0.25) is 0 Å². The third-order valence-electron chi connectivity index (χ3n) is 5.05.